The normalized spacial score (nSPS) is 11.7. The lowest BCUT2D eigenvalue weighted by Crippen LogP contribution is -2.38. The molecule has 0 saturated heterocycles. The SMILES string of the molecule is CCNC(=NCc1coc(-c2ccc(C)cc2)n1)NCCCn1nc(C)cc1C. The van der Waals surface area contributed by atoms with E-state index in [1.165, 1.54) is 11.3 Å². The second-order valence-corrected chi connectivity index (χ2v) is 7.14. The Bertz CT molecular complexity index is 939. The minimum Gasteiger partial charge on any atom is -0.444 e. The molecule has 2 aromatic heterocycles. The van der Waals surface area contributed by atoms with Crippen molar-refractivity contribution in [1.82, 2.24) is 25.4 Å². The standard InChI is InChI=1S/C22H30N6O/c1-5-23-22(24-11-6-12-28-18(4)13-17(3)27-28)25-14-20-15-29-21(26-20)19-9-7-16(2)8-10-19/h7-10,13,15H,5-6,11-12,14H2,1-4H3,(H2,23,24,25). The highest BCUT2D eigenvalue weighted by molar-refractivity contribution is 5.79. The molecular weight excluding hydrogens is 364 g/mol. The van der Waals surface area contributed by atoms with Crippen LogP contribution < -0.4 is 10.6 Å². The van der Waals surface area contributed by atoms with Gasteiger partial charge in [0.2, 0.25) is 5.89 Å². The molecule has 7 nitrogen and oxygen atoms in total. The summed E-state index contributed by atoms with van der Waals surface area (Å²) in [5.41, 5.74) is 5.24. The first-order valence-corrected chi connectivity index (χ1v) is 10.1. The Morgan fingerprint density at radius 3 is 2.62 bits per heavy atom. The number of guanidine groups is 1. The van der Waals surface area contributed by atoms with Crippen LogP contribution in [0.25, 0.3) is 11.5 Å². The second-order valence-electron chi connectivity index (χ2n) is 7.14. The van der Waals surface area contributed by atoms with Crippen molar-refractivity contribution in [1.29, 1.82) is 0 Å². The van der Waals surface area contributed by atoms with Crippen LogP contribution in [-0.2, 0) is 13.1 Å². The number of nitrogens with zero attached hydrogens (tertiary/aromatic N) is 4. The molecule has 0 amide bonds. The summed E-state index contributed by atoms with van der Waals surface area (Å²) in [4.78, 5) is 9.17. The van der Waals surface area contributed by atoms with Crippen molar-refractivity contribution in [3.8, 4) is 11.5 Å². The van der Waals surface area contributed by atoms with Crippen LogP contribution in [0.3, 0.4) is 0 Å². The number of benzene rings is 1. The maximum atomic E-state index is 5.61. The van der Waals surface area contributed by atoms with E-state index >= 15 is 0 Å². The van der Waals surface area contributed by atoms with E-state index in [0.717, 1.165) is 49.0 Å². The molecule has 0 radical (unpaired) electrons. The number of aliphatic imine (C=N–C) groups is 1. The van der Waals surface area contributed by atoms with Gasteiger partial charge in [-0.25, -0.2) is 9.98 Å². The van der Waals surface area contributed by atoms with E-state index in [1.807, 2.05) is 23.7 Å². The number of oxazole rings is 1. The zero-order valence-electron chi connectivity index (χ0n) is 17.7. The van der Waals surface area contributed by atoms with Gasteiger partial charge >= 0.3 is 0 Å². The molecule has 29 heavy (non-hydrogen) atoms. The fourth-order valence-electron chi connectivity index (χ4n) is 3.05. The summed E-state index contributed by atoms with van der Waals surface area (Å²) in [6, 6.07) is 10.2. The largest absolute Gasteiger partial charge is 0.444 e. The number of aromatic nitrogens is 3. The first-order valence-electron chi connectivity index (χ1n) is 10.1. The van der Waals surface area contributed by atoms with Crippen LogP contribution in [0.15, 0.2) is 46.0 Å². The average Bonchev–Trinajstić information content (AvgIpc) is 3.30. The Morgan fingerprint density at radius 1 is 1.14 bits per heavy atom. The van der Waals surface area contributed by atoms with Gasteiger partial charge in [-0.2, -0.15) is 5.10 Å². The summed E-state index contributed by atoms with van der Waals surface area (Å²) in [6.45, 7) is 11.2. The zero-order chi connectivity index (χ0) is 20.6. The van der Waals surface area contributed by atoms with Gasteiger partial charge in [0.15, 0.2) is 5.96 Å². The van der Waals surface area contributed by atoms with Crippen molar-refractivity contribution in [2.24, 2.45) is 4.99 Å². The molecule has 1 aromatic carbocycles. The lowest BCUT2D eigenvalue weighted by atomic mass is 10.1. The molecule has 154 valence electrons. The van der Waals surface area contributed by atoms with Crippen LogP contribution in [-0.4, -0.2) is 33.8 Å². The number of hydrogen-bond donors (Lipinski definition) is 2. The first kappa shape index (κ1) is 20.6. The van der Waals surface area contributed by atoms with Crippen molar-refractivity contribution in [3.63, 3.8) is 0 Å². The van der Waals surface area contributed by atoms with E-state index in [1.54, 1.807) is 6.26 Å². The van der Waals surface area contributed by atoms with E-state index < -0.39 is 0 Å². The van der Waals surface area contributed by atoms with Crippen molar-refractivity contribution in [2.75, 3.05) is 13.1 Å². The predicted octanol–water partition coefficient (Wildman–Crippen LogP) is 3.61. The molecule has 0 spiro atoms. The molecule has 0 atom stereocenters. The van der Waals surface area contributed by atoms with E-state index in [2.05, 4.69) is 64.7 Å². The van der Waals surface area contributed by atoms with E-state index in [9.17, 15) is 0 Å². The van der Waals surface area contributed by atoms with Gasteiger partial charge in [0, 0.05) is 30.9 Å². The molecule has 0 bridgehead atoms. The smallest absolute Gasteiger partial charge is 0.226 e. The fourth-order valence-corrected chi connectivity index (χ4v) is 3.05. The third kappa shape index (κ3) is 5.94. The van der Waals surface area contributed by atoms with Crippen LogP contribution in [0.1, 0.15) is 36.0 Å². The number of aryl methyl sites for hydroxylation is 4. The van der Waals surface area contributed by atoms with Gasteiger partial charge in [0.1, 0.15) is 12.0 Å². The predicted molar refractivity (Wildman–Crippen MR) is 116 cm³/mol. The van der Waals surface area contributed by atoms with Crippen molar-refractivity contribution in [3.05, 3.63) is 59.2 Å². The van der Waals surface area contributed by atoms with Crippen LogP contribution >= 0.6 is 0 Å². The monoisotopic (exact) mass is 394 g/mol. The van der Waals surface area contributed by atoms with Gasteiger partial charge in [-0.05, 0) is 52.3 Å². The topological polar surface area (TPSA) is 80.3 Å². The minimum atomic E-state index is 0.460. The maximum Gasteiger partial charge on any atom is 0.226 e. The van der Waals surface area contributed by atoms with Gasteiger partial charge in [-0.3, -0.25) is 4.68 Å². The molecule has 3 aromatic rings. The fraction of sp³-hybridized carbons (Fsp3) is 0.409. The molecule has 0 unspecified atom stereocenters. The maximum absolute atomic E-state index is 5.61. The summed E-state index contributed by atoms with van der Waals surface area (Å²) >= 11 is 0. The summed E-state index contributed by atoms with van der Waals surface area (Å²) in [5.74, 6) is 1.40. The highest BCUT2D eigenvalue weighted by Gasteiger charge is 2.07. The summed E-state index contributed by atoms with van der Waals surface area (Å²) in [5, 5.41) is 11.1. The van der Waals surface area contributed by atoms with Gasteiger partial charge in [-0.1, -0.05) is 17.7 Å². The highest BCUT2D eigenvalue weighted by atomic mass is 16.3. The Kier molecular flexibility index (Phi) is 7.05. The molecule has 0 aliphatic heterocycles. The number of nitrogens with one attached hydrogen (secondary N) is 2. The van der Waals surface area contributed by atoms with Gasteiger partial charge < -0.3 is 15.1 Å². The number of rotatable bonds is 8. The quantitative estimate of drug-likeness (QED) is 0.347. The van der Waals surface area contributed by atoms with Gasteiger partial charge in [-0.15, -0.1) is 0 Å². The summed E-state index contributed by atoms with van der Waals surface area (Å²) in [7, 11) is 0. The highest BCUT2D eigenvalue weighted by Crippen LogP contribution is 2.19. The number of hydrogen-bond acceptors (Lipinski definition) is 4. The Morgan fingerprint density at radius 2 is 1.93 bits per heavy atom. The molecule has 2 heterocycles. The van der Waals surface area contributed by atoms with Crippen LogP contribution in [0.5, 0.6) is 0 Å². The van der Waals surface area contributed by atoms with E-state index in [0.29, 0.717) is 12.4 Å². The summed E-state index contributed by atoms with van der Waals surface area (Å²) in [6.07, 6.45) is 2.64. The van der Waals surface area contributed by atoms with Crippen LogP contribution in [0.4, 0.5) is 0 Å². The third-order valence-corrected chi connectivity index (χ3v) is 4.54. The average molecular weight is 395 g/mol. The molecule has 3 rings (SSSR count). The Balaban J connectivity index is 1.52. The lowest BCUT2D eigenvalue weighted by Gasteiger charge is -2.11. The van der Waals surface area contributed by atoms with Gasteiger partial charge in [0.25, 0.3) is 0 Å². The third-order valence-electron chi connectivity index (χ3n) is 4.54. The first-order chi connectivity index (χ1) is 14.0. The molecule has 0 aliphatic carbocycles. The van der Waals surface area contributed by atoms with Crippen molar-refractivity contribution in [2.45, 2.75) is 47.2 Å². The van der Waals surface area contributed by atoms with Crippen LogP contribution in [0, 0.1) is 20.8 Å². The van der Waals surface area contributed by atoms with Gasteiger partial charge in [0.05, 0.1) is 12.2 Å². The molecule has 2 N–H and O–H groups in total. The molecule has 0 saturated carbocycles. The second kappa shape index (κ2) is 9.91. The lowest BCUT2D eigenvalue weighted by molar-refractivity contribution is 0.555. The van der Waals surface area contributed by atoms with Crippen molar-refractivity contribution >= 4 is 5.96 Å². The minimum absolute atomic E-state index is 0.460. The van der Waals surface area contributed by atoms with Crippen molar-refractivity contribution < 1.29 is 4.42 Å². The Hall–Kier alpha value is -3.09. The molecule has 7 heteroatoms. The molecule has 0 aliphatic rings. The Labute approximate surface area is 172 Å². The zero-order valence-corrected chi connectivity index (χ0v) is 17.7. The van der Waals surface area contributed by atoms with E-state index in [4.69, 9.17) is 4.42 Å². The van der Waals surface area contributed by atoms with Crippen LogP contribution in [0.2, 0.25) is 0 Å². The summed E-state index contributed by atoms with van der Waals surface area (Å²) < 4.78 is 7.66. The molecule has 0 fully saturated rings. The van der Waals surface area contributed by atoms with E-state index in [-0.39, 0.29) is 0 Å². The molecular formula is C22H30N6O.